The van der Waals surface area contributed by atoms with Crippen LogP contribution >= 0.6 is 27.3 Å². The lowest BCUT2D eigenvalue weighted by Crippen LogP contribution is -2.40. The molecular formula is C17H20BrFN4O2S. The lowest BCUT2D eigenvalue weighted by molar-refractivity contribution is 0.0509. The van der Waals surface area contributed by atoms with E-state index < -0.39 is 11.7 Å². The lowest BCUT2D eigenvalue weighted by atomic mass is 10.2. The zero-order valence-corrected chi connectivity index (χ0v) is 17.2. The van der Waals surface area contributed by atoms with Gasteiger partial charge in [-0.3, -0.25) is 0 Å². The summed E-state index contributed by atoms with van der Waals surface area (Å²) in [4.78, 5) is 13.9. The van der Waals surface area contributed by atoms with E-state index in [1.54, 1.807) is 12.1 Å². The number of hydrogen-bond donors (Lipinski definition) is 1. The van der Waals surface area contributed by atoms with Crippen molar-refractivity contribution in [1.82, 2.24) is 15.5 Å². The van der Waals surface area contributed by atoms with Crippen LogP contribution < -0.4 is 10.2 Å². The van der Waals surface area contributed by atoms with E-state index >= 15 is 0 Å². The number of halogens is 2. The molecule has 2 heterocycles. The molecule has 9 heteroatoms. The summed E-state index contributed by atoms with van der Waals surface area (Å²) in [5, 5.41) is 12.4. The number of anilines is 1. The Bertz CT molecular complexity index is 808. The van der Waals surface area contributed by atoms with Crippen molar-refractivity contribution in [1.29, 1.82) is 0 Å². The van der Waals surface area contributed by atoms with Gasteiger partial charge < -0.3 is 15.0 Å². The van der Waals surface area contributed by atoms with Crippen LogP contribution in [-0.4, -0.2) is 41.0 Å². The van der Waals surface area contributed by atoms with E-state index in [9.17, 15) is 9.18 Å². The Labute approximate surface area is 163 Å². The minimum Gasteiger partial charge on any atom is -0.444 e. The number of carbonyl (C=O) groups is 1. The van der Waals surface area contributed by atoms with Crippen LogP contribution in [0.25, 0.3) is 10.6 Å². The van der Waals surface area contributed by atoms with Crippen LogP contribution in [-0.2, 0) is 4.74 Å². The fraction of sp³-hybridized carbons (Fsp3) is 0.471. The first kappa shape index (κ1) is 19.0. The summed E-state index contributed by atoms with van der Waals surface area (Å²) in [7, 11) is 0. The number of hydrogen-bond acceptors (Lipinski definition) is 6. The van der Waals surface area contributed by atoms with Crippen molar-refractivity contribution >= 4 is 38.5 Å². The predicted molar refractivity (Wildman–Crippen MR) is 103 cm³/mol. The molecule has 140 valence electrons. The molecule has 1 aromatic heterocycles. The summed E-state index contributed by atoms with van der Waals surface area (Å²) >= 11 is 4.68. The largest absolute Gasteiger partial charge is 0.444 e. The second-order valence-corrected chi connectivity index (χ2v) is 8.96. The molecule has 6 nitrogen and oxygen atoms in total. The third-order valence-corrected chi connectivity index (χ3v) is 5.26. The Morgan fingerprint density at radius 1 is 1.42 bits per heavy atom. The van der Waals surface area contributed by atoms with E-state index in [0.717, 1.165) is 17.4 Å². The molecule has 0 saturated carbocycles. The SMILES string of the molecule is CC(C)(C)OC(=O)NC1CCN(c2nnc(-c3cc(Br)ccc3F)s2)C1. The number of benzene rings is 1. The van der Waals surface area contributed by atoms with Gasteiger partial charge >= 0.3 is 6.09 Å². The fourth-order valence-corrected chi connectivity index (χ4v) is 3.90. The molecule has 1 N–H and O–H groups in total. The Morgan fingerprint density at radius 3 is 2.92 bits per heavy atom. The summed E-state index contributed by atoms with van der Waals surface area (Å²) in [5.41, 5.74) is -0.101. The topological polar surface area (TPSA) is 67.3 Å². The Balaban J connectivity index is 1.64. The van der Waals surface area contributed by atoms with E-state index in [4.69, 9.17) is 4.74 Å². The van der Waals surface area contributed by atoms with Crippen molar-refractivity contribution in [3.05, 3.63) is 28.5 Å². The van der Waals surface area contributed by atoms with Crippen molar-refractivity contribution in [2.75, 3.05) is 18.0 Å². The van der Waals surface area contributed by atoms with Crippen LogP contribution in [0.1, 0.15) is 27.2 Å². The molecule has 1 amide bonds. The number of aromatic nitrogens is 2. The molecular weight excluding hydrogens is 423 g/mol. The number of rotatable bonds is 3. The normalized spacial score (nSPS) is 17.4. The highest BCUT2D eigenvalue weighted by Gasteiger charge is 2.28. The molecule has 0 bridgehead atoms. The number of carbonyl (C=O) groups excluding carboxylic acids is 1. The molecule has 1 saturated heterocycles. The fourth-order valence-electron chi connectivity index (χ4n) is 2.64. The zero-order valence-electron chi connectivity index (χ0n) is 14.8. The summed E-state index contributed by atoms with van der Waals surface area (Å²) in [6.45, 7) is 6.86. The van der Waals surface area contributed by atoms with E-state index in [0.29, 0.717) is 22.2 Å². The number of nitrogens with one attached hydrogen (secondary N) is 1. The van der Waals surface area contributed by atoms with Gasteiger partial charge in [0.05, 0.1) is 6.04 Å². The average molecular weight is 443 g/mol. The second-order valence-electron chi connectivity index (χ2n) is 7.09. The number of ether oxygens (including phenoxy) is 1. The second kappa shape index (κ2) is 7.48. The van der Waals surface area contributed by atoms with E-state index in [2.05, 4.69) is 31.4 Å². The maximum Gasteiger partial charge on any atom is 0.407 e. The summed E-state index contributed by atoms with van der Waals surface area (Å²) in [5.74, 6) is -0.332. The van der Waals surface area contributed by atoms with Crippen LogP contribution in [0.4, 0.5) is 14.3 Å². The molecule has 1 aliphatic heterocycles. The Morgan fingerprint density at radius 2 is 2.19 bits per heavy atom. The number of alkyl carbamates (subject to hydrolysis) is 1. The monoisotopic (exact) mass is 442 g/mol. The smallest absolute Gasteiger partial charge is 0.407 e. The van der Waals surface area contributed by atoms with Crippen molar-refractivity contribution in [3.63, 3.8) is 0 Å². The summed E-state index contributed by atoms with van der Waals surface area (Å²) < 4.78 is 20.1. The van der Waals surface area contributed by atoms with Crippen molar-refractivity contribution in [3.8, 4) is 10.6 Å². The number of nitrogens with zero attached hydrogens (tertiary/aromatic N) is 3. The third kappa shape index (κ3) is 4.70. The minimum atomic E-state index is -0.523. The molecule has 3 rings (SSSR count). The average Bonchev–Trinajstić information content (AvgIpc) is 3.16. The molecule has 1 aliphatic rings. The molecule has 26 heavy (non-hydrogen) atoms. The number of amides is 1. The first-order valence-corrected chi connectivity index (χ1v) is 9.85. The zero-order chi connectivity index (χ0) is 18.9. The third-order valence-electron chi connectivity index (χ3n) is 3.75. The molecule has 1 atom stereocenters. The summed E-state index contributed by atoms with van der Waals surface area (Å²) in [6, 6.07) is 4.72. The van der Waals surface area contributed by atoms with Crippen molar-refractivity contribution in [2.24, 2.45) is 0 Å². The van der Waals surface area contributed by atoms with Gasteiger partial charge in [0, 0.05) is 23.1 Å². The van der Waals surface area contributed by atoms with Crippen LogP contribution in [0.2, 0.25) is 0 Å². The van der Waals surface area contributed by atoms with E-state index in [1.807, 2.05) is 25.7 Å². The molecule has 0 radical (unpaired) electrons. The standard InChI is InChI=1S/C17H20BrFN4O2S/c1-17(2,3)25-16(24)20-11-6-7-23(9-11)15-22-21-14(26-15)12-8-10(18)4-5-13(12)19/h4-5,8,11H,6-7,9H2,1-3H3,(H,20,24). The maximum absolute atomic E-state index is 14.0. The van der Waals surface area contributed by atoms with Gasteiger partial charge in [0.25, 0.3) is 0 Å². The first-order chi connectivity index (χ1) is 12.2. The molecule has 1 aromatic carbocycles. The minimum absolute atomic E-state index is 0.0141. The first-order valence-electron chi connectivity index (χ1n) is 8.25. The van der Waals surface area contributed by atoms with Crippen LogP contribution in [0.3, 0.4) is 0 Å². The Hall–Kier alpha value is -1.74. The molecule has 2 aromatic rings. The maximum atomic E-state index is 14.0. The van der Waals surface area contributed by atoms with Gasteiger partial charge in [-0.05, 0) is 45.4 Å². The van der Waals surface area contributed by atoms with Gasteiger partial charge in [-0.15, -0.1) is 10.2 Å². The van der Waals surface area contributed by atoms with Crippen molar-refractivity contribution < 1.29 is 13.9 Å². The predicted octanol–water partition coefficient (Wildman–Crippen LogP) is 4.21. The van der Waals surface area contributed by atoms with Crippen molar-refractivity contribution in [2.45, 2.75) is 38.8 Å². The van der Waals surface area contributed by atoms with Gasteiger partial charge in [0.1, 0.15) is 11.4 Å². The highest BCUT2D eigenvalue weighted by Crippen LogP contribution is 2.33. The highest BCUT2D eigenvalue weighted by molar-refractivity contribution is 9.10. The quantitative estimate of drug-likeness (QED) is 0.770. The molecule has 0 spiro atoms. The highest BCUT2D eigenvalue weighted by atomic mass is 79.9. The van der Waals surface area contributed by atoms with Gasteiger partial charge in [0.2, 0.25) is 5.13 Å². The molecule has 1 fully saturated rings. The van der Waals surface area contributed by atoms with Crippen LogP contribution in [0, 0.1) is 5.82 Å². The van der Waals surface area contributed by atoms with Gasteiger partial charge in [-0.1, -0.05) is 27.3 Å². The Kier molecular flexibility index (Phi) is 5.47. The molecule has 1 unspecified atom stereocenters. The van der Waals surface area contributed by atoms with Crippen LogP contribution in [0.15, 0.2) is 22.7 Å². The summed E-state index contributed by atoms with van der Waals surface area (Å²) in [6.07, 6.45) is 0.373. The van der Waals surface area contributed by atoms with Crippen LogP contribution in [0.5, 0.6) is 0 Å². The lowest BCUT2D eigenvalue weighted by Gasteiger charge is -2.21. The van der Waals surface area contributed by atoms with E-state index in [1.165, 1.54) is 17.4 Å². The van der Waals surface area contributed by atoms with E-state index in [-0.39, 0.29) is 11.9 Å². The van der Waals surface area contributed by atoms with Gasteiger partial charge in [0.15, 0.2) is 5.01 Å². The van der Waals surface area contributed by atoms with Gasteiger partial charge in [-0.25, -0.2) is 9.18 Å². The molecule has 0 aliphatic carbocycles. The van der Waals surface area contributed by atoms with Gasteiger partial charge in [-0.2, -0.15) is 0 Å².